The second-order valence-electron chi connectivity index (χ2n) is 5.48. The number of benzene rings is 1. The monoisotopic (exact) mass is 328 g/mol. The van der Waals surface area contributed by atoms with E-state index in [1.165, 1.54) is 0 Å². The number of nitrogens with two attached hydrogens (primary N) is 1. The maximum Gasteiger partial charge on any atom is 0.0987 e. The number of hydrogen-bond donors (Lipinski definition) is 1. The third-order valence-electron chi connectivity index (χ3n) is 3.18. The molecule has 2 nitrogen and oxygen atoms in total. The highest BCUT2D eigenvalue weighted by molar-refractivity contribution is 7.09. The summed E-state index contributed by atoms with van der Waals surface area (Å²) in [6.45, 7) is 5.00. The summed E-state index contributed by atoms with van der Waals surface area (Å²) in [5.41, 5.74) is 7.68. The number of hydrogen-bond acceptors (Lipinski definition) is 3. The Hall–Kier alpha value is -0.610. The van der Waals surface area contributed by atoms with Gasteiger partial charge in [0.1, 0.15) is 0 Å². The Morgan fingerprint density at radius 2 is 2.05 bits per heavy atom. The van der Waals surface area contributed by atoms with Crippen molar-refractivity contribution in [3.8, 4) is 0 Å². The highest BCUT2D eigenvalue weighted by Crippen LogP contribution is 2.33. The molecular formula is C15H18Cl2N2S. The molecule has 0 spiro atoms. The van der Waals surface area contributed by atoms with Crippen LogP contribution in [0.5, 0.6) is 0 Å². The molecule has 0 atom stereocenters. The first kappa shape index (κ1) is 15.8. The van der Waals surface area contributed by atoms with Gasteiger partial charge in [0.15, 0.2) is 0 Å². The molecule has 0 aliphatic carbocycles. The van der Waals surface area contributed by atoms with Crippen molar-refractivity contribution in [3.05, 3.63) is 49.9 Å². The summed E-state index contributed by atoms with van der Waals surface area (Å²) in [6.07, 6.45) is 1.66. The summed E-state index contributed by atoms with van der Waals surface area (Å²) in [5.74, 6) is 0. The van der Waals surface area contributed by atoms with E-state index in [-0.39, 0.29) is 5.41 Å². The Labute approximate surface area is 133 Å². The zero-order valence-electron chi connectivity index (χ0n) is 11.6. The van der Waals surface area contributed by atoms with Crippen LogP contribution in [0.4, 0.5) is 0 Å². The number of thiazole rings is 1. The quantitative estimate of drug-likeness (QED) is 0.879. The van der Waals surface area contributed by atoms with Crippen molar-refractivity contribution in [3.63, 3.8) is 0 Å². The molecular weight excluding hydrogens is 311 g/mol. The SMILES string of the molecule is CC(C)(Cc1ccc(Cl)cc1Cl)c1nc(CCN)cs1. The Morgan fingerprint density at radius 3 is 2.70 bits per heavy atom. The first-order valence-electron chi connectivity index (χ1n) is 6.51. The summed E-state index contributed by atoms with van der Waals surface area (Å²) >= 11 is 13.9. The van der Waals surface area contributed by atoms with E-state index in [1.54, 1.807) is 17.4 Å². The molecule has 2 N–H and O–H groups in total. The van der Waals surface area contributed by atoms with Gasteiger partial charge in [0.25, 0.3) is 0 Å². The van der Waals surface area contributed by atoms with E-state index in [9.17, 15) is 0 Å². The lowest BCUT2D eigenvalue weighted by molar-refractivity contribution is 0.517. The van der Waals surface area contributed by atoms with E-state index >= 15 is 0 Å². The molecule has 0 bridgehead atoms. The van der Waals surface area contributed by atoms with Crippen molar-refractivity contribution in [1.29, 1.82) is 0 Å². The predicted octanol–water partition coefficient (Wildman–Crippen LogP) is 4.47. The van der Waals surface area contributed by atoms with Gasteiger partial charge in [-0.3, -0.25) is 0 Å². The molecule has 0 saturated heterocycles. The topological polar surface area (TPSA) is 38.9 Å². The predicted molar refractivity (Wildman–Crippen MR) is 88.1 cm³/mol. The summed E-state index contributed by atoms with van der Waals surface area (Å²) in [4.78, 5) is 4.68. The smallest absolute Gasteiger partial charge is 0.0987 e. The maximum absolute atomic E-state index is 6.26. The number of rotatable bonds is 5. The molecule has 1 aromatic heterocycles. The van der Waals surface area contributed by atoms with Crippen molar-refractivity contribution >= 4 is 34.5 Å². The summed E-state index contributed by atoms with van der Waals surface area (Å²) in [7, 11) is 0. The molecule has 0 radical (unpaired) electrons. The van der Waals surface area contributed by atoms with Crippen molar-refractivity contribution in [1.82, 2.24) is 4.98 Å². The van der Waals surface area contributed by atoms with Crippen LogP contribution in [0.15, 0.2) is 23.6 Å². The Bertz CT molecular complexity index is 593. The van der Waals surface area contributed by atoms with Gasteiger partial charge in [-0.15, -0.1) is 11.3 Å². The molecule has 0 fully saturated rings. The van der Waals surface area contributed by atoms with Crippen LogP contribution in [-0.2, 0) is 18.3 Å². The standard InChI is InChI=1S/C15H18Cl2N2S/c1-15(2,14-19-12(5-6-18)9-20-14)8-10-3-4-11(16)7-13(10)17/h3-4,7,9H,5-6,8,18H2,1-2H3. The molecule has 0 unspecified atom stereocenters. The second kappa shape index (κ2) is 6.44. The van der Waals surface area contributed by atoms with Crippen LogP contribution in [0.2, 0.25) is 10.0 Å². The Kier molecular flexibility index (Phi) is 5.08. The molecule has 0 aliphatic rings. The highest BCUT2D eigenvalue weighted by atomic mass is 35.5. The molecule has 0 amide bonds. The van der Waals surface area contributed by atoms with E-state index in [4.69, 9.17) is 28.9 Å². The lowest BCUT2D eigenvalue weighted by atomic mass is 9.86. The van der Waals surface area contributed by atoms with Crippen LogP contribution in [0.25, 0.3) is 0 Å². The zero-order valence-corrected chi connectivity index (χ0v) is 13.9. The average molecular weight is 329 g/mol. The van der Waals surface area contributed by atoms with Crippen molar-refractivity contribution < 1.29 is 0 Å². The molecule has 0 aliphatic heterocycles. The van der Waals surface area contributed by atoms with E-state index < -0.39 is 0 Å². The number of halogens is 2. The molecule has 5 heteroatoms. The van der Waals surface area contributed by atoms with E-state index in [1.807, 2.05) is 12.1 Å². The van der Waals surface area contributed by atoms with Gasteiger partial charge in [0.05, 0.1) is 10.7 Å². The summed E-state index contributed by atoms with van der Waals surface area (Å²) in [6, 6.07) is 5.65. The van der Waals surface area contributed by atoms with Crippen LogP contribution in [0, 0.1) is 0 Å². The van der Waals surface area contributed by atoms with Crippen LogP contribution < -0.4 is 5.73 Å². The first-order valence-corrected chi connectivity index (χ1v) is 8.15. The van der Waals surface area contributed by atoms with Gasteiger partial charge in [0.2, 0.25) is 0 Å². The lowest BCUT2D eigenvalue weighted by Gasteiger charge is -2.22. The van der Waals surface area contributed by atoms with Crippen LogP contribution >= 0.6 is 34.5 Å². The van der Waals surface area contributed by atoms with Gasteiger partial charge in [-0.05, 0) is 30.7 Å². The second-order valence-corrected chi connectivity index (χ2v) is 7.18. The fourth-order valence-electron chi connectivity index (χ4n) is 2.10. The van der Waals surface area contributed by atoms with Gasteiger partial charge in [-0.1, -0.05) is 43.1 Å². The fraction of sp³-hybridized carbons (Fsp3) is 0.400. The summed E-state index contributed by atoms with van der Waals surface area (Å²) in [5, 5.41) is 4.58. The molecule has 2 rings (SSSR count). The lowest BCUT2D eigenvalue weighted by Crippen LogP contribution is -2.20. The maximum atomic E-state index is 6.26. The van der Waals surface area contributed by atoms with Gasteiger partial charge < -0.3 is 5.73 Å². The molecule has 20 heavy (non-hydrogen) atoms. The van der Waals surface area contributed by atoms with Crippen molar-refractivity contribution in [2.24, 2.45) is 5.73 Å². The minimum Gasteiger partial charge on any atom is -0.330 e. The molecule has 1 aromatic carbocycles. The third-order valence-corrected chi connectivity index (χ3v) is 5.02. The molecule has 0 saturated carbocycles. The first-order chi connectivity index (χ1) is 9.42. The Balaban J connectivity index is 2.20. The highest BCUT2D eigenvalue weighted by Gasteiger charge is 2.25. The summed E-state index contributed by atoms with van der Waals surface area (Å²) < 4.78 is 0. The zero-order chi connectivity index (χ0) is 14.8. The van der Waals surface area contributed by atoms with Gasteiger partial charge in [0, 0.05) is 27.3 Å². The van der Waals surface area contributed by atoms with Crippen LogP contribution in [0.1, 0.15) is 30.1 Å². The third kappa shape index (κ3) is 3.73. The van der Waals surface area contributed by atoms with E-state index in [0.29, 0.717) is 16.6 Å². The van der Waals surface area contributed by atoms with Crippen molar-refractivity contribution in [2.75, 3.05) is 6.54 Å². The Morgan fingerprint density at radius 1 is 1.30 bits per heavy atom. The largest absolute Gasteiger partial charge is 0.330 e. The number of nitrogens with zero attached hydrogens (tertiary/aromatic N) is 1. The van der Waals surface area contributed by atoms with Crippen LogP contribution in [0.3, 0.4) is 0 Å². The van der Waals surface area contributed by atoms with Crippen molar-refractivity contribution in [2.45, 2.75) is 32.1 Å². The van der Waals surface area contributed by atoms with E-state index in [2.05, 4.69) is 24.2 Å². The minimum atomic E-state index is -0.0605. The normalized spacial score (nSPS) is 11.8. The van der Waals surface area contributed by atoms with Gasteiger partial charge in [-0.2, -0.15) is 0 Å². The number of aromatic nitrogens is 1. The average Bonchev–Trinajstić information content (AvgIpc) is 2.83. The van der Waals surface area contributed by atoms with E-state index in [0.717, 1.165) is 29.1 Å². The fourth-order valence-corrected chi connectivity index (χ4v) is 3.55. The molecule has 108 valence electrons. The molecule has 1 heterocycles. The minimum absolute atomic E-state index is 0.0605. The molecule has 2 aromatic rings. The van der Waals surface area contributed by atoms with Crippen LogP contribution in [-0.4, -0.2) is 11.5 Å². The van der Waals surface area contributed by atoms with Gasteiger partial charge >= 0.3 is 0 Å². The van der Waals surface area contributed by atoms with Gasteiger partial charge in [-0.25, -0.2) is 4.98 Å².